The second-order valence-corrected chi connectivity index (χ2v) is 6.42. The molecule has 0 aromatic carbocycles. The lowest BCUT2D eigenvalue weighted by Crippen LogP contribution is -2.07. The highest BCUT2D eigenvalue weighted by molar-refractivity contribution is 5.89. The maximum absolute atomic E-state index is 10.6. The fourth-order valence-corrected chi connectivity index (χ4v) is 2.62. The number of aliphatic carboxylic acids is 2. The van der Waals surface area contributed by atoms with Crippen LogP contribution < -0.4 is 0 Å². The molecule has 0 rings (SSSR count). The van der Waals surface area contributed by atoms with Gasteiger partial charge in [-0.3, -0.25) is 14.6 Å². The molecule has 0 aromatic rings. The number of carboxylic acids is 2. The van der Waals surface area contributed by atoms with E-state index in [9.17, 15) is 9.59 Å². The lowest BCUT2D eigenvalue weighted by atomic mass is 10.1. The molecule has 0 atom stereocenters. The van der Waals surface area contributed by atoms with Crippen molar-refractivity contribution in [2.24, 2.45) is 4.99 Å². The Hall–Kier alpha value is -1.39. The first-order valence-corrected chi connectivity index (χ1v) is 9.52. The number of rotatable bonds is 17. The van der Waals surface area contributed by atoms with Crippen LogP contribution in [0, 0.1) is 0 Å². The number of carboxylic acid groups (broad SMARTS) is 2. The molecule has 0 saturated carbocycles. The average molecular weight is 341 g/mol. The van der Waals surface area contributed by atoms with E-state index in [-0.39, 0.29) is 12.8 Å². The van der Waals surface area contributed by atoms with Gasteiger partial charge >= 0.3 is 11.9 Å². The van der Waals surface area contributed by atoms with Crippen molar-refractivity contribution in [1.82, 2.24) is 0 Å². The van der Waals surface area contributed by atoms with Gasteiger partial charge in [0.05, 0.1) is 12.8 Å². The molecule has 0 amide bonds. The summed E-state index contributed by atoms with van der Waals surface area (Å²) >= 11 is 0. The van der Waals surface area contributed by atoms with Crippen molar-refractivity contribution in [3.05, 3.63) is 0 Å². The Balaban J connectivity index is 3.72. The Bertz CT molecular complexity index is 346. The second kappa shape index (κ2) is 16.5. The Morgan fingerprint density at radius 3 is 1.50 bits per heavy atom. The second-order valence-electron chi connectivity index (χ2n) is 6.42. The van der Waals surface area contributed by atoms with E-state index in [1.54, 1.807) is 0 Å². The van der Waals surface area contributed by atoms with E-state index in [4.69, 9.17) is 10.2 Å². The molecular formula is C19H35NO4. The minimum absolute atomic E-state index is 0.0243. The topological polar surface area (TPSA) is 87.0 Å². The van der Waals surface area contributed by atoms with Gasteiger partial charge in [0.25, 0.3) is 0 Å². The summed E-state index contributed by atoms with van der Waals surface area (Å²) in [5.74, 6) is -1.73. The molecule has 0 saturated heterocycles. The molecule has 0 heterocycles. The van der Waals surface area contributed by atoms with Crippen LogP contribution in [0.1, 0.15) is 96.8 Å². The fourth-order valence-electron chi connectivity index (χ4n) is 2.62. The first kappa shape index (κ1) is 22.6. The molecule has 24 heavy (non-hydrogen) atoms. The zero-order valence-corrected chi connectivity index (χ0v) is 15.3. The Labute approximate surface area is 146 Å². The molecule has 0 aliphatic rings. The molecule has 0 aliphatic carbocycles. The van der Waals surface area contributed by atoms with Crippen molar-refractivity contribution < 1.29 is 19.8 Å². The fraction of sp³-hybridized carbons (Fsp3) is 0.842. The molecule has 0 aromatic heterocycles. The molecule has 0 unspecified atom stereocenters. The van der Waals surface area contributed by atoms with Gasteiger partial charge in [0, 0.05) is 12.3 Å². The molecular weight excluding hydrogens is 306 g/mol. The van der Waals surface area contributed by atoms with Gasteiger partial charge in [-0.15, -0.1) is 0 Å². The quantitative estimate of drug-likeness (QED) is 0.285. The Kier molecular flexibility index (Phi) is 15.5. The summed E-state index contributed by atoms with van der Waals surface area (Å²) < 4.78 is 0. The lowest BCUT2D eigenvalue weighted by Gasteiger charge is -2.05. The predicted molar refractivity (Wildman–Crippen MR) is 97.9 cm³/mol. The molecule has 2 N–H and O–H groups in total. The number of aliphatic imine (C=N–C) groups is 1. The summed E-state index contributed by atoms with van der Waals surface area (Å²) in [5.41, 5.74) is 0.732. The van der Waals surface area contributed by atoms with E-state index in [2.05, 4.69) is 11.9 Å². The average Bonchev–Trinajstić information content (AvgIpc) is 2.54. The number of unbranched alkanes of at least 4 members (excludes halogenated alkanes) is 9. The van der Waals surface area contributed by atoms with Crippen LogP contribution in [0.15, 0.2) is 4.99 Å². The number of hydrogen-bond acceptors (Lipinski definition) is 3. The summed E-state index contributed by atoms with van der Waals surface area (Å²) in [6, 6.07) is 0. The highest BCUT2D eigenvalue weighted by atomic mass is 16.4. The molecule has 5 nitrogen and oxygen atoms in total. The van der Waals surface area contributed by atoms with Crippen LogP contribution in [0.5, 0.6) is 0 Å². The first-order chi connectivity index (χ1) is 11.6. The van der Waals surface area contributed by atoms with Crippen LogP contribution in [0.3, 0.4) is 0 Å². The Morgan fingerprint density at radius 1 is 0.667 bits per heavy atom. The Morgan fingerprint density at radius 2 is 1.08 bits per heavy atom. The van der Waals surface area contributed by atoms with Crippen LogP contribution in [-0.4, -0.2) is 34.4 Å². The van der Waals surface area contributed by atoms with Gasteiger partial charge in [-0.25, -0.2) is 0 Å². The molecule has 0 radical (unpaired) electrons. The highest BCUT2D eigenvalue weighted by Gasteiger charge is 2.06. The maximum atomic E-state index is 10.6. The van der Waals surface area contributed by atoms with E-state index in [0.717, 1.165) is 18.6 Å². The van der Waals surface area contributed by atoms with E-state index in [0.29, 0.717) is 19.4 Å². The SMILES string of the molecule is CCCCCCCCCCCCN=C(CCC(=O)O)CCC(=O)O. The summed E-state index contributed by atoms with van der Waals surface area (Å²) in [6.07, 6.45) is 13.4. The molecule has 0 fully saturated rings. The van der Waals surface area contributed by atoms with E-state index in [1.165, 1.54) is 51.4 Å². The van der Waals surface area contributed by atoms with Crippen molar-refractivity contribution >= 4 is 17.7 Å². The van der Waals surface area contributed by atoms with Crippen LogP contribution >= 0.6 is 0 Å². The predicted octanol–water partition coefficient (Wildman–Crippen LogP) is 5.08. The van der Waals surface area contributed by atoms with Crippen molar-refractivity contribution in [2.45, 2.75) is 96.8 Å². The van der Waals surface area contributed by atoms with Crippen molar-refractivity contribution in [2.75, 3.05) is 6.54 Å². The van der Waals surface area contributed by atoms with Gasteiger partial charge in [0.2, 0.25) is 0 Å². The van der Waals surface area contributed by atoms with Gasteiger partial charge in [0.1, 0.15) is 0 Å². The van der Waals surface area contributed by atoms with E-state index in [1.807, 2.05) is 0 Å². The van der Waals surface area contributed by atoms with Gasteiger partial charge < -0.3 is 10.2 Å². The number of hydrogen-bond donors (Lipinski definition) is 2. The van der Waals surface area contributed by atoms with Crippen LogP contribution in [0.4, 0.5) is 0 Å². The molecule has 0 spiro atoms. The van der Waals surface area contributed by atoms with Crippen LogP contribution in [-0.2, 0) is 9.59 Å². The third-order valence-corrected chi connectivity index (χ3v) is 4.10. The third-order valence-electron chi connectivity index (χ3n) is 4.10. The molecule has 5 heteroatoms. The minimum atomic E-state index is -0.864. The first-order valence-electron chi connectivity index (χ1n) is 9.52. The smallest absolute Gasteiger partial charge is 0.303 e. The molecule has 0 aliphatic heterocycles. The summed E-state index contributed by atoms with van der Waals surface area (Å²) in [6.45, 7) is 2.92. The number of nitrogens with zero attached hydrogens (tertiary/aromatic N) is 1. The van der Waals surface area contributed by atoms with E-state index >= 15 is 0 Å². The molecule has 140 valence electrons. The largest absolute Gasteiger partial charge is 0.481 e. The summed E-state index contributed by atoms with van der Waals surface area (Å²) in [7, 11) is 0. The van der Waals surface area contributed by atoms with Crippen LogP contribution in [0.25, 0.3) is 0 Å². The van der Waals surface area contributed by atoms with Gasteiger partial charge in [-0.2, -0.15) is 0 Å². The van der Waals surface area contributed by atoms with Crippen molar-refractivity contribution in [1.29, 1.82) is 0 Å². The maximum Gasteiger partial charge on any atom is 0.303 e. The van der Waals surface area contributed by atoms with Gasteiger partial charge in [-0.1, -0.05) is 64.7 Å². The van der Waals surface area contributed by atoms with Gasteiger partial charge in [-0.05, 0) is 19.3 Å². The van der Waals surface area contributed by atoms with Gasteiger partial charge in [0.15, 0.2) is 0 Å². The van der Waals surface area contributed by atoms with Crippen molar-refractivity contribution in [3.8, 4) is 0 Å². The third kappa shape index (κ3) is 17.0. The summed E-state index contributed by atoms with van der Waals surface area (Å²) in [4.78, 5) is 25.7. The highest BCUT2D eigenvalue weighted by Crippen LogP contribution is 2.11. The normalized spacial score (nSPS) is 10.5. The lowest BCUT2D eigenvalue weighted by molar-refractivity contribution is -0.137. The standard InChI is InChI=1S/C19H35NO4/c1-2-3-4-5-6-7-8-9-10-11-16-20-17(12-14-18(21)22)13-15-19(23)24/h2-16H2,1H3,(H,21,22)(H,23,24). The van der Waals surface area contributed by atoms with E-state index < -0.39 is 11.9 Å². The zero-order valence-electron chi connectivity index (χ0n) is 15.3. The van der Waals surface area contributed by atoms with Crippen LogP contribution in [0.2, 0.25) is 0 Å². The molecule has 0 bridgehead atoms. The number of carbonyl (C=O) groups is 2. The monoisotopic (exact) mass is 341 g/mol. The summed E-state index contributed by atoms with van der Waals surface area (Å²) in [5, 5.41) is 17.5. The van der Waals surface area contributed by atoms with Crippen molar-refractivity contribution in [3.63, 3.8) is 0 Å². The minimum Gasteiger partial charge on any atom is -0.481 e. The zero-order chi connectivity index (χ0) is 18.0.